The maximum atomic E-state index is 12.7. The molecular formula is C20H23NO3S. The maximum absolute atomic E-state index is 12.7. The van der Waals surface area contributed by atoms with Gasteiger partial charge in [0.1, 0.15) is 0 Å². The molecular weight excluding hydrogens is 334 g/mol. The van der Waals surface area contributed by atoms with E-state index in [2.05, 4.69) is 4.90 Å². The lowest BCUT2D eigenvalue weighted by atomic mass is 9.74. The van der Waals surface area contributed by atoms with Gasteiger partial charge in [-0.05, 0) is 35.6 Å². The fourth-order valence-electron chi connectivity index (χ4n) is 4.10. The van der Waals surface area contributed by atoms with Gasteiger partial charge in [0.2, 0.25) is 0 Å². The van der Waals surface area contributed by atoms with Crippen molar-refractivity contribution in [1.29, 1.82) is 0 Å². The molecule has 132 valence electrons. The van der Waals surface area contributed by atoms with Crippen LogP contribution in [0.5, 0.6) is 0 Å². The molecule has 0 bridgehead atoms. The number of likely N-dealkylation sites (tertiary alicyclic amines) is 1. The lowest BCUT2D eigenvalue weighted by Gasteiger charge is -2.35. The zero-order valence-electron chi connectivity index (χ0n) is 14.1. The van der Waals surface area contributed by atoms with Gasteiger partial charge in [-0.25, -0.2) is 8.42 Å². The van der Waals surface area contributed by atoms with Gasteiger partial charge in [0, 0.05) is 25.6 Å². The van der Waals surface area contributed by atoms with Crippen LogP contribution < -0.4 is 0 Å². The molecule has 25 heavy (non-hydrogen) atoms. The minimum absolute atomic E-state index is 0.0243. The van der Waals surface area contributed by atoms with Crippen molar-refractivity contribution < 1.29 is 13.5 Å². The maximum Gasteiger partial charge on any atom is 0.182 e. The van der Waals surface area contributed by atoms with Crippen LogP contribution in [0.15, 0.2) is 59.5 Å². The second-order valence-corrected chi connectivity index (χ2v) is 9.25. The van der Waals surface area contributed by atoms with Crippen LogP contribution in [0.25, 0.3) is 0 Å². The average molecular weight is 357 g/mol. The number of nitrogens with zero attached hydrogens (tertiary/aromatic N) is 1. The number of sulfone groups is 1. The monoisotopic (exact) mass is 357 g/mol. The molecule has 1 aliphatic heterocycles. The van der Waals surface area contributed by atoms with Crippen LogP contribution in [0.1, 0.15) is 17.5 Å². The van der Waals surface area contributed by atoms with Gasteiger partial charge in [-0.2, -0.15) is 0 Å². The van der Waals surface area contributed by atoms with Crippen LogP contribution in [-0.4, -0.2) is 37.6 Å². The van der Waals surface area contributed by atoms with Crippen LogP contribution in [0.2, 0.25) is 0 Å². The van der Waals surface area contributed by atoms with Gasteiger partial charge in [0.25, 0.3) is 0 Å². The summed E-state index contributed by atoms with van der Waals surface area (Å²) in [5, 5.41) is 9.83. The van der Waals surface area contributed by atoms with Gasteiger partial charge in [-0.15, -0.1) is 0 Å². The Morgan fingerprint density at radius 1 is 0.960 bits per heavy atom. The number of fused-ring (bicyclic) bond motifs is 1. The van der Waals surface area contributed by atoms with E-state index in [4.69, 9.17) is 0 Å². The van der Waals surface area contributed by atoms with E-state index in [0.29, 0.717) is 16.7 Å². The van der Waals surface area contributed by atoms with Crippen LogP contribution >= 0.6 is 0 Å². The van der Waals surface area contributed by atoms with Crippen molar-refractivity contribution in [3.8, 4) is 0 Å². The van der Waals surface area contributed by atoms with Crippen molar-refractivity contribution in [2.24, 2.45) is 11.8 Å². The molecule has 1 N–H and O–H groups in total. The predicted octanol–water partition coefficient (Wildman–Crippen LogP) is 2.47. The predicted molar refractivity (Wildman–Crippen MR) is 96.7 cm³/mol. The number of hydrogen-bond acceptors (Lipinski definition) is 4. The van der Waals surface area contributed by atoms with E-state index in [0.717, 1.165) is 37.2 Å². The van der Waals surface area contributed by atoms with Crippen molar-refractivity contribution in [1.82, 2.24) is 4.90 Å². The van der Waals surface area contributed by atoms with Crippen LogP contribution in [0, 0.1) is 11.8 Å². The Labute approximate surface area is 149 Å². The topological polar surface area (TPSA) is 57.6 Å². The third-order valence-electron chi connectivity index (χ3n) is 5.57. The molecule has 0 spiro atoms. The zero-order chi connectivity index (χ0) is 17.4. The highest BCUT2D eigenvalue weighted by Gasteiger charge is 2.46. The summed E-state index contributed by atoms with van der Waals surface area (Å²) in [6.07, 6.45) is 0.759. The van der Waals surface area contributed by atoms with Crippen molar-refractivity contribution in [2.75, 3.05) is 13.1 Å². The third kappa shape index (κ3) is 3.36. The molecule has 1 saturated carbocycles. The largest absolute Gasteiger partial charge is 0.393 e. The second-order valence-electron chi connectivity index (χ2n) is 7.26. The van der Waals surface area contributed by atoms with Crippen molar-refractivity contribution in [2.45, 2.75) is 29.7 Å². The molecule has 2 aliphatic rings. The fourth-order valence-corrected chi connectivity index (χ4v) is 5.53. The molecule has 5 heteroatoms. The molecule has 2 aromatic carbocycles. The first-order chi connectivity index (χ1) is 12.0. The highest BCUT2D eigenvalue weighted by Crippen LogP contribution is 2.41. The standard InChI is InChI=1S/C20H23NO3S/c22-20-10-17-12-21(13-19(17)20)11-15-6-4-5-7-16(15)14-25(23,24)18-8-2-1-3-9-18/h1-9,17,19-20,22H,10-14H2/t17-,19+,20+/m1/s1. The Hall–Kier alpha value is -1.69. The number of aliphatic hydroxyl groups excluding tert-OH is 1. The van der Waals surface area contributed by atoms with Crippen molar-refractivity contribution in [3.05, 3.63) is 65.7 Å². The van der Waals surface area contributed by atoms with E-state index >= 15 is 0 Å². The quantitative estimate of drug-likeness (QED) is 0.893. The summed E-state index contributed by atoms with van der Waals surface area (Å²) in [5.41, 5.74) is 1.93. The molecule has 1 heterocycles. The van der Waals surface area contributed by atoms with Gasteiger partial charge >= 0.3 is 0 Å². The Morgan fingerprint density at radius 3 is 2.32 bits per heavy atom. The summed E-state index contributed by atoms with van der Waals surface area (Å²) in [4.78, 5) is 2.71. The summed E-state index contributed by atoms with van der Waals surface area (Å²) in [6, 6.07) is 16.4. The minimum atomic E-state index is -3.35. The summed E-state index contributed by atoms with van der Waals surface area (Å²) >= 11 is 0. The lowest BCUT2D eigenvalue weighted by molar-refractivity contribution is -0.00435. The van der Waals surface area contributed by atoms with Crippen LogP contribution in [0.4, 0.5) is 0 Å². The van der Waals surface area contributed by atoms with Crippen molar-refractivity contribution >= 4 is 9.84 Å². The number of benzene rings is 2. The highest BCUT2D eigenvalue weighted by atomic mass is 32.2. The molecule has 1 aliphatic carbocycles. The first-order valence-corrected chi connectivity index (χ1v) is 10.4. The Bertz CT molecular complexity index is 850. The third-order valence-corrected chi connectivity index (χ3v) is 7.25. The molecule has 1 saturated heterocycles. The highest BCUT2D eigenvalue weighted by molar-refractivity contribution is 7.90. The van der Waals surface area contributed by atoms with Crippen molar-refractivity contribution in [3.63, 3.8) is 0 Å². The molecule has 2 aromatic rings. The second kappa shape index (κ2) is 6.56. The molecule has 4 nitrogen and oxygen atoms in total. The van der Waals surface area contributed by atoms with Gasteiger partial charge in [-0.3, -0.25) is 4.90 Å². The molecule has 3 atom stereocenters. The molecule has 0 amide bonds. The summed E-state index contributed by atoms with van der Waals surface area (Å²) in [7, 11) is -3.35. The van der Waals surface area contributed by atoms with E-state index in [1.165, 1.54) is 0 Å². The number of rotatable bonds is 5. The number of aliphatic hydroxyl groups is 1. The smallest absolute Gasteiger partial charge is 0.182 e. The SMILES string of the molecule is O=S(=O)(Cc1ccccc1CN1C[C@H]2C[C@H](O)[C@H]2C1)c1ccccc1. The summed E-state index contributed by atoms with van der Waals surface area (Å²) in [6.45, 7) is 2.66. The van der Waals surface area contributed by atoms with Crippen LogP contribution in [-0.2, 0) is 22.1 Å². The van der Waals surface area contributed by atoms with E-state index in [-0.39, 0.29) is 11.9 Å². The van der Waals surface area contributed by atoms with Gasteiger partial charge < -0.3 is 5.11 Å². The molecule has 0 radical (unpaired) electrons. The molecule has 0 unspecified atom stereocenters. The molecule has 4 rings (SSSR count). The van der Waals surface area contributed by atoms with E-state index in [1.807, 2.05) is 30.3 Å². The Morgan fingerprint density at radius 2 is 1.64 bits per heavy atom. The minimum Gasteiger partial charge on any atom is -0.393 e. The zero-order valence-corrected chi connectivity index (χ0v) is 14.9. The summed E-state index contributed by atoms with van der Waals surface area (Å²) < 4.78 is 25.4. The van der Waals surface area contributed by atoms with E-state index in [9.17, 15) is 13.5 Å². The Kier molecular flexibility index (Phi) is 4.40. The number of hydrogen-bond donors (Lipinski definition) is 1. The first-order valence-electron chi connectivity index (χ1n) is 8.78. The normalized spacial score (nSPS) is 26.2. The van der Waals surface area contributed by atoms with E-state index in [1.54, 1.807) is 24.3 Å². The van der Waals surface area contributed by atoms with E-state index < -0.39 is 9.84 Å². The van der Waals surface area contributed by atoms with Crippen LogP contribution in [0.3, 0.4) is 0 Å². The van der Waals surface area contributed by atoms with Gasteiger partial charge in [0.15, 0.2) is 9.84 Å². The first kappa shape index (κ1) is 16.8. The molecule has 2 fully saturated rings. The van der Waals surface area contributed by atoms with Gasteiger partial charge in [-0.1, -0.05) is 42.5 Å². The van der Waals surface area contributed by atoms with Gasteiger partial charge in [0.05, 0.1) is 16.8 Å². The average Bonchev–Trinajstić information content (AvgIpc) is 2.93. The summed E-state index contributed by atoms with van der Waals surface area (Å²) in [5.74, 6) is 1.03. The fraction of sp³-hybridized carbons (Fsp3) is 0.400. The Balaban J connectivity index is 1.52. The lowest BCUT2D eigenvalue weighted by Crippen LogP contribution is -2.39. The molecule has 0 aromatic heterocycles.